The Bertz CT molecular complexity index is 788. The minimum Gasteiger partial charge on any atom is -0.480 e. The van der Waals surface area contributed by atoms with Crippen molar-refractivity contribution < 1.29 is 34.2 Å². The van der Waals surface area contributed by atoms with Gasteiger partial charge in [-0.2, -0.15) is 11.8 Å². The van der Waals surface area contributed by atoms with Crippen molar-refractivity contribution in [3.63, 3.8) is 0 Å². The molecule has 0 spiro atoms. The van der Waals surface area contributed by atoms with Crippen LogP contribution in [0.2, 0.25) is 5.02 Å². The largest absolute Gasteiger partial charge is 0.480 e. The molecule has 6 N–H and O–H groups in total. The molecule has 164 valence electrons. The molecular formula is C18H22ClN3O7S. The summed E-state index contributed by atoms with van der Waals surface area (Å²) in [7, 11) is 0. The number of thioether (sulfide) groups is 1. The van der Waals surface area contributed by atoms with Gasteiger partial charge in [0.1, 0.15) is 18.6 Å². The number of carboxylic acid groups (broad SMARTS) is 2. The van der Waals surface area contributed by atoms with E-state index >= 15 is 0 Å². The summed E-state index contributed by atoms with van der Waals surface area (Å²) in [6.45, 7) is -0.635. The molecule has 12 heteroatoms. The van der Waals surface area contributed by atoms with Crippen molar-refractivity contribution in [2.24, 2.45) is 5.73 Å². The second-order valence-electron chi connectivity index (χ2n) is 6.16. The van der Waals surface area contributed by atoms with Crippen LogP contribution in [0.5, 0.6) is 0 Å². The number of carbonyl (C=O) groups is 5. The summed E-state index contributed by atoms with van der Waals surface area (Å²) in [5, 5.41) is 22.5. The maximum Gasteiger partial charge on any atom is 0.322 e. The second-order valence-corrected chi connectivity index (χ2v) is 7.63. The van der Waals surface area contributed by atoms with Crippen LogP contribution in [-0.4, -0.2) is 69.9 Å². The molecule has 2 amide bonds. The quantitative estimate of drug-likeness (QED) is 0.256. The fourth-order valence-corrected chi connectivity index (χ4v) is 3.20. The number of hydrogen-bond donors (Lipinski definition) is 5. The molecule has 0 aliphatic carbocycles. The third kappa shape index (κ3) is 9.72. The molecule has 0 radical (unpaired) electrons. The predicted octanol–water partition coefficient (Wildman–Crippen LogP) is 0.134. The van der Waals surface area contributed by atoms with Crippen LogP contribution in [0.3, 0.4) is 0 Å². The lowest BCUT2D eigenvalue weighted by Crippen LogP contribution is -2.49. The molecule has 0 bridgehead atoms. The van der Waals surface area contributed by atoms with Crippen LogP contribution in [0.1, 0.15) is 23.2 Å². The molecule has 0 heterocycles. The smallest absolute Gasteiger partial charge is 0.322 e. The van der Waals surface area contributed by atoms with E-state index in [4.69, 9.17) is 27.5 Å². The lowest BCUT2D eigenvalue weighted by molar-refractivity contribution is -0.139. The van der Waals surface area contributed by atoms with Crippen LogP contribution in [0.15, 0.2) is 24.3 Å². The van der Waals surface area contributed by atoms with Crippen molar-refractivity contribution in [2.75, 3.05) is 18.1 Å². The lowest BCUT2D eigenvalue weighted by Gasteiger charge is -2.18. The summed E-state index contributed by atoms with van der Waals surface area (Å²) in [5.41, 5.74) is 5.78. The van der Waals surface area contributed by atoms with E-state index in [0.717, 1.165) is 11.8 Å². The maximum atomic E-state index is 12.2. The zero-order valence-electron chi connectivity index (χ0n) is 15.8. The fourth-order valence-electron chi connectivity index (χ4n) is 2.13. The van der Waals surface area contributed by atoms with Crippen molar-refractivity contribution >= 4 is 52.9 Å². The van der Waals surface area contributed by atoms with Gasteiger partial charge in [-0.05, 0) is 30.7 Å². The summed E-state index contributed by atoms with van der Waals surface area (Å²) in [4.78, 5) is 57.8. The molecule has 0 fully saturated rings. The van der Waals surface area contributed by atoms with Gasteiger partial charge in [-0.25, -0.2) is 0 Å². The maximum absolute atomic E-state index is 12.2. The Balaban J connectivity index is 2.63. The standard InChI is InChI=1S/C18H22ClN3O7S/c19-11-3-1-10(2-4-11)14(23)9-30-8-13(17(27)21-7-16(25)26)22-15(24)6-5-12(20)18(28)29/h1-4,12-13H,5-9,20H2,(H,21,27)(H,22,24)(H,25,26)(H,28,29)/t12-,13-/m0/s1. The first kappa shape index (κ1) is 25.4. The SMILES string of the molecule is N[C@@H](CCC(=O)N[C@@H](CSCC(=O)c1ccc(Cl)cc1)C(=O)NCC(=O)O)C(=O)O. The van der Waals surface area contributed by atoms with Crippen LogP contribution >= 0.6 is 23.4 Å². The van der Waals surface area contributed by atoms with Crippen molar-refractivity contribution in [3.8, 4) is 0 Å². The number of nitrogens with two attached hydrogens (primary N) is 1. The van der Waals surface area contributed by atoms with Crippen molar-refractivity contribution in [1.29, 1.82) is 0 Å². The first-order chi connectivity index (χ1) is 14.1. The number of benzene rings is 1. The number of Topliss-reactive ketones (excluding diaryl/α,β-unsaturated/α-hetero) is 1. The first-order valence-corrected chi connectivity index (χ1v) is 10.3. The Kier molecular flexibility index (Phi) is 10.9. The van der Waals surface area contributed by atoms with Gasteiger partial charge in [0.2, 0.25) is 11.8 Å². The van der Waals surface area contributed by atoms with E-state index in [0.29, 0.717) is 10.6 Å². The average Bonchev–Trinajstić information content (AvgIpc) is 2.69. The third-order valence-corrected chi connectivity index (χ3v) is 5.04. The van der Waals surface area contributed by atoms with E-state index in [1.165, 1.54) is 0 Å². The zero-order chi connectivity index (χ0) is 22.7. The predicted molar refractivity (Wildman–Crippen MR) is 111 cm³/mol. The number of ketones is 1. The Morgan fingerprint density at radius 3 is 2.30 bits per heavy atom. The molecule has 10 nitrogen and oxygen atoms in total. The summed E-state index contributed by atoms with van der Waals surface area (Å²) in [6, 6.07) is 3.95. The van der Waals surface area contributed by atoms with E-state index in [2.05, 4.69) is 10.6 Å². The molecule has 0 saturated heterocycles. The van der Waals surface area contributed by atoms with E-state index in [1.807, 2.05) is 0 Å². The molecule has 2 atom stereocenters. The number of carboxylic acids is 2. The summed E-state index contributed by atoms with van der Waals surface area (Å²) in [6.07, 6.45) is -0.364. The van der Waals surface area contributed by atoms with Gasteiger partial charge in [0, 0.05) is 22.8 Å². The highest BCUT2D eigenvalue weighted by Crippen LogP contribution is 2.13. The highest BCUT2D eigenvalue weighted by atomic mass is 35.5. The van der Waals surface area contributed by atoms with Crippen molar-refractivity contribution in [2.45, 2.75) is 24.9 Å². The number of aliphatic carboxylic acids is 2. The molecular weight excluding hydrogens is 438 g/mol. The molecule has 1 rings (SSSR count). The van der Waals surface area contributed by atoms with E-state index < -0.39 is 42.4 Å². The Morgan fingerprint density at radius 1 is 1.10 bits per heavy atom. The summed E-state index contributed by atoms with van der Waals surface area (Å²) < 4.78 is 0. The van der Waals surface area contributed by atoms with Crippen LogP contribution in [0, 0.1) is 0 Å². The molecule has 0 aromatic heterocycles. The zero-order valence-corrected chi connectivity index (χ0v) is 17.4. The van der Waals surface area contributed by atoms with Gasteiger partial charge in [0.05, 0.1) is 5.75 Å². The van der Waals surface area contributed by atoms with Crippen LogP contribution < -0.4 is 16.4 Å². The topological polar surface area (TPSA) is 176 Å². The number of nitrogens with one attached hydrogen (secondary N) is 2. The lowest BCUT2D eigenvalue weighted by atomic mass is 10.1. The average molecular weight is 460 g/mol. The van der Waals surface area contributed by atoms with Gasteiger partial charge < -0.3 is 26.6 Å². The number of carbonyl (C=O) groups excluding carboxylic acids is 3. The van der Waals surface area contributed by atoms with Gasteiger partial charge >= 0.3 is 11.9 Å². The minimum absolute atomic E-state index is 0.00149. The monoisotopic (exact) mass is 459 g/mol. The Hall–Kier alpha value is -2.63. The molecule has 30 heavy (non-hydrogen) atoms. The van der Waals surface area contributed by atoms with E-state index in [9.17, 15) is 24.0 Å². The molecule has 0 saturated carbocycles. The third-order valence-electron chi connectivity index (χ3n) is 3.75. The number of rotatable bonds is 13. The first-order valence-electron chi connectivity index (χ1n) is 8.74. The normalized spacial score (nSPS) is 12.5. The molecule has 1 aromatic carbocycles. The number of halogens is 1. The fraction of sp³-hybridized carbons (Fsp3) is 0.389. The van der Waals surface area contributed by atoms with Crippen LogP contribution in [0.4, 0.5) is 0 Å². The highest BCUT2D eigenvalue weighted by molar-refractivity contribution is 8.00. The summed E-state index contributed by atoms with van der Waals surface area (Å²) >= 11 is 6.85. The Labute approximate surface area is 181 Å². The van der Waals surface area contributed by atoms with Gasteiger partial charge in [-0.3, -0.25) is 24.0 Å². The summed E-state index contributed by atoms with van der Waals surface area (Å²) in [5.74, 6) is -4.06. The molecule has 0 aliphatic heterocycles. The van der Waals surface area contributed by atoms with E-state index in [-0.39, 0.29) is 30.1 Å². The molecule has 0 unspecified atom stereocenters. The minimum atomic E-state index is -1.26. The van der Waals surface area contributed by atoms with Crippen LogP contribution in [-0.2, 0) is 19.2 Å². The second kappa shape index (κ2) is 12.8. The number of amides is 2. The van der Waals surface area contributed by atoms with Gasteiger partial charge in [-0.15, -0.1) is 0 Å². The van der Waals surface area contributed by atoms with Crippen molar-refractivity contribution in [3.05, 3.63) is 34.9 Å². The molecule has 0 aliphatic rings. The Morgan fingerprint density at radius 2 is 1.73 bits per heavy atom. The van der Waals surface area contributed by atoms with Crippen LogP contribution in [0.25, 0.3) is 0 Å². The van der Waals surface area contributed by atoms with Gasteiger partial charge in [0.15, 0.2) is 5.78 Å². The number of hydrogen-bond acceptors (Lipinski definition) is 7. The van der Waals surface area contributed by atoms with Crippen molar-refractivity contribution in [1.82, 2.24) is 10.6 Å². The molecule has 1 aromatic rings. The highest BCUT2D eigenvalue weighted by Gasteiger charge is 2.23. The van der Waals surface area contributed by atoms with E-state index in [1.54, 1.807) is 24.3 Å². The van der Waals surface area contributed by atoms with Gasteiger partial charge in [-0.1, -0.05) is 11.6 Å². The van der Waals surface area contributed by atoms with Gasteiger partial charge in [0.25, 0.3) is 0 Å².